The second-order valence-electron chi connectivity index (χ2n) is 4.44. The summed E-state index contributed by atoms with van der Waals surface area (Å²) in [4.78, 5) is 23.5. The Morgan fingerprint density at radius 1 is 1.55 bits per heavy atom. The summed E-state index contributed by atoms with van der Waals surface area (Å²) in [5.41, 5.74) is -0.168. The highest BCUT2D eigenvalue weighted by molar-refractivity contribution is 5.77. The normalized spacial score (nSPS) is 9.95. The Kier molecular flexibility index (Phi) is 5.03. The summed E-state index contributed by atoms with van der Waals surface area (Å²) in [7, 11) is 1.63. The van der Waals surface area contributed by atoms with E-state index in [-0.39, 0.29) is 35.6 Å². The maximum absolute atomic E-state index is 11.7. The van der Waals surface area contributed by atoms with Crippen molar-refractivity contribution >= 4 is 11.6 Å². The monoisotopic (exact) mass is 277 g/mol. The predicted molar refractivity (Wildman–Crippen MR) is 71.2 cm³/mol. The molecule has 0 saturated heterocycles. The van der Waals surface area contributed by atoms with E-state index in [1.165, 1.54) is 17.0 Å². The Morgan fingerprint density at radius 3 is 2.70 bits per heavy atom. The second-order valence-corrected chi connectivity index (χ2v) is 4.44. The number of likely N-dealkylation sites (N-methyl/N-ethyl adjacent to an activating group) is 1. The smallest absolute Gasteiger partial charge is 0.312 e. The van der Waals surface area contributed by atoms with Gasteiger partial charge in [-0.2, -0.15) is 5.26 Å². The molecule has 0 aliphatic heterocycles. The molecule has 7 nitrogen and oxygen atoms in total. The van der Waals surface area contributed by atoms with Crippen molar-refractivity contribution in [3.05, 3.63) is 33.9 Å². The van der Waals surface area contributed by atoms with E-state index in [9.17, 15) is 14.9 Å². The van der Waals surface area contributed by atoms with Crippen LogP contribution in [0.2, 0.25) is 0 Å². The lowest BCUT2D eigenvalue weighted by atomic mass is 10.2. The van der Waals surface area contributed by atoms with Gasteiger partial charge in [-0.3, -0.25) is 14.9 Å². The third kappa shape index (κ3) is 3.68. The lowest BCUT2D eigenvalue weighted by molar-refractivity contribution is -0.385. The van der Waals surface area contributed by atoms with Gasteiger partial charge in [0.15, 0.2) is 12.4 Å². The predicted octanol–water partition coefficient (Wildman–Crippen LogP) is 1.71. The summed E-state index contributed by atoms with van der Waals surface area (Å²) < 4.78 is 5.19. The van der Waals surface area contributed by atoms with Crippen LogP contribution in [0.15, 0.2) is 18.2 Å². The van der Waals surface area contributed by atoms with Crippen LogP contribution >= 0.6 is 0 Å². The van der Waals surface area contributed by atoms with E-state index in [1.54, 1.807) is 7.05 Å². The van der Waals surface area contributed by atoms with Crippen molar-refractivity contribution in [3.63, 3.8) is 0 Å². The van der Waals surface area contributed by atoms with Gasteiger partial charge in [-0.05, 0) is 26.0 Å². The van der Waals surface area contributed by atoms with Crippen LogP contribution in [0.25, 0.3) is 0 Å². The minimum Gasteiger partial charge on any atom is -0.477 e. The fourth-order valence-corrected chi connectivity index (χ4v) is 1.38. The van der Waals surface area contributed by atoms with Crippen molar-refractivity contribution in [2.24, 2.45) is 0 Å². The molecule has 0 atom stereocenters. The first kappa shape index (κ1) is 15.4. The standard InChI is InChI=1S/C13H15N3O4/c1-9(2)15(3)13(17)8-20-12-5-4-10(7-14)6-11(12)16(18)19/h4-6,9H,8H2,1-3H3. The first-order valence-electron chi connectivity index (χ1n) is 5.93. The molecule has 0 radical (unpaired) electrons. The second kappa shape index (κ2) is 6.52. The van der Waals surface area contributed by atoms with Gasteiger partial charge in [0.2, 0.25) is 0 Å². The summed E-state index contributed by atoms with van der Waals surface area (Å²) in [6.45, 7) is 3.41. The number of benzene rings is 1. The summed E-state index contributed by atoms with van der Waals surface area (Å²) in [6, 6.07) is 5.67. The fraction of sp³-hybridized carbons (Fsp3) is 0.385. The van der Waals surface area contributed by atoms with Crippen LogP contribution in [-0.4, -0.2) is 35.4 Å². The van der Waals surface area contributed by atoms with Gasteiger partial charge in [0.25, 0.3) is 5.91 Å². The Balaban J connectivity index is 2.86. The van der Waals surface area contributed by atoms with Crippen molar-refractivity contribution in [1.82, 2.24) is 4.90 Å². The van der Waals surface area contributed by atoms with Crippen LogP contribution in [0.4, 0.5) is 5.69 Å². The number of nitrogens with zero attached hydrogens (tertiary/aromatic N) is 3. The summed E-state index contributed by atoms with van der Waals surface area (Å²) >= 11 is 0. The average molecular weight is 277 g/mol. The molecule has 0 unspecified atom stereocenters. The number of nitro benzene ring substituents is 1. The maximum atomic E-state index is 11.7. The minimum atomic E-state index is -0.646. The van der Waals surface area contributed by atoms with Gasteiger partial charge in [0, 0.05) is 19.2 Å². The van der Waals surface area contributed by atoms with E-state index < -0.39 is 4.92 Å². The van der Waals surface area contributed by atoms with E-state index in [0.717, 1.165) is 6.07 Å². The van der Waals surface area contributed by atoms with Crippen LogP contribution in [0.1, 0.15) is 19.4 Å². The zero-order valence-corrected chi connectivity index (χ0v) is 11.5. The highest BCUT2D eigenvalue weighted by atomic mass is 16.6. The van der Waals surface area contributed by atoms with Crippen LogP contribution < -0.4 is 4.74 Å². The van der Waals surface area contributed by atoms with Crippen molar-refractivity contribution in [1.29, 1.82) is 5.26 Å². The molecule has 106 valence electrons. The molecule has 1 rings (SSSR count). The molecule has 0 aliphatic carbocycles. The van der Waals surface area contributed by atoms with Gasteiger partial charge in [-0.25, -0.2) is 0 Å². The third-order valence-electron chi connectivity index (χ3n) is 2.80. The molecule has 1 aromatic carbocycles. The summed E-state index contributed by atoms with van der Waals surface area (Å²) in [5.74, 6) is -0.307. The molecule has 0 N–H and O–H groups in total. The number of hydrogen-bond donors (Lipinski definition) is 0. The van der Waals surface area contributed by atoms with E-state index in [4.69, 9.17) is 10.00 Å². The minimum absolute atomic E-state index is 0.0158. The highest BCUT2D eigenvalue weighted by Gasteiger charge is 2.19. The lowest BCUT2D eigenvalue weighted by Crippen LogP contribution is -2.36. The first-order chi connectivity index (χ1) is 9.36. The largest absolute Gasteiger partial charge is 0.477 e. The van der Waals surface area contributed by atoms with Crippen molar-refractivity contribution in [3.8, 4) is 11.8 Å². The molecule has 0 aromatic heterocycles. The lowest BCUT2D eigenvalue weighted by Gasteiger charge is -2.21. The number of hydrogen-bond acceptors (Lipinski definition) is 5. The molecule has 0 fully saturated rings. The Morgan fingerprint density at radius 2 is 2.20 bits per heavy atom. The fourth-order valence-electron chi connectivity index (χ4n) is 1.38. The quantitative estimate of drug-likeness (QED) is 0.603. The third-order valence-corrected chi connectivity index (χ3v) is 2.80. The number of rotatable bonds is 5. The van der Waals surface area contributed by atoms with E-state index in [1.807, 2.05) is 19.9 Å². The van der Waals surface area contributed by atoms with Gasteiger partial charge in [0.05, 0.1) is 16.6 Å². The molecule has 0 heterocycles. The van der Waals surface area contributed by atoms with Gasteiger partial charge in [-0.1, -0.05) is 0 Å². The molecule has 0 spiro atoms. The van der Waals surface area contributed by atoms with Gasteiger partial charge < -0.3 is 9.64 Å². The maximum Gasteiger partial charge on any atom is 0.312 e. The first-order valence-corrected chi connectivity index (χ1v) is 5.93. The molecular formula is C13H15N3O4. The van der Waals surface area contributed by atoms with Gasteiger partial charge in [-0.15, -0.1) is 0 Å². The van der Waals surface area contributed by atoms with Crippen molar-refractivity contribution < 1.29 is 14.5 Å². The molecule has 0 aliphatic rings. The zero-order valence-electron chi connectivity index (χ0n) is 11.5. The highest BCUT2D eigenvalue weighted by Crippen LogP contribution is 2.27. The van der Waals surface area contributed by atoms with E-state index >= 15 is 0 Å². The van der Waals surface area contributed by atoms with Gasteiger partial charge >= 0.3 is 5.69 Å². The number of nitro groups is 1. The zero-order chi connectivity index (χ0) is 15.3. The Bertz CT molecular complexity index is 563. The molecule has 20 heavy (non-hydrogen) atoms. The molecule has 0 saturated carbocycles. The number of amides is 1. The number of nitriles is 1. The molecule has 1 aromatic rings. The number of ether oxygens (including phenoxy) is 1. The molecule has 1 amide bonds. The van der Waals surface area contributed by atoms with Crippen LogP contribution in [0.5, 0.6) is 5.75 Å². The average Bonchev–Trinajstić information content (AvgIpc) is 2.43. The number of carbonyl (C=O) groups excluding carboxylic acids is 1. The molecular weight excluding hydrogens is 262 g/mol. The van der Waals surface area contributed by atoms with E-state index in [2.05, 4.69) is 0 Å². The number of carbonyl (C=O) groups is 1. The molecule has 0 bridgehead atoms. The Labute approximate surface area is 116 Å². The summed E-state index contributed by atoms with van der Waals surface area (Å²) in [5, 5.41) is 19.6. The SMILES string of the molecule is CC(C)N(C)C(=O)COc1ccc(C#N)cc1[N+](=O)[O-]. The van der Waals surface area contributed by atoms with Crippen LogP contribution in [0.3, 0.4) is 0 Å². The summed E-state index contributed by atoms with van der Waals surface area (Å²) in [6.07, 6.45) is 0. The van der Waals surface area contributed by atoms with Crippen LogP contribution in [0, 0.1) is 21.4 Å². The van der Waals surface area contributed by atoms with Gasteiger partial charge in [0.1, 0.15) is 0 Å². The Hall–Kier alpha value is -2.62. The van der Waals surface area contributed by atoms with E-state index in [0.29, 0.717) is 0 Å². The van der Waals surface area contributed by atoms with Crippen molar-refractivity contribution in [2.45, 2.75) is 19.9 Å². The van der Waals surface area contributed by atoms with Crippen LogP contribution in [-0.2, 0) is 4.79 Å². The van der Waals surface area contributed by atoms with Crippen molar-refractivity contribution in [2.75, 3.05) is 13.7 Å². The topological polar surface area (TPSA) is 96.5 Å². The molecule has 7 heteroatoms.